The molecule has 2 heterocycles. The maximum atomic E-state index is 12.8. The van der Waals surface area contributed by atoms with E-state index in [9.17, 15) is 14.4 Å². The summed E-state index contributed by atoms with van der Waals surface area (Å²) < 4.78 is 1.02. The van der Waals surface area contributed by atoms with Gasteiger partial charge in [0.05, 0.1) is 13.1 Å². The molecule has 0 spiro atoms. The smallest absolute Gasteiger partial charge is 0.324 e. The van der Waals surface area contributed by atoms with E-state index in [1.807, 2.05) is 24.3 Å². The van der Waals surface area contributed by atoms with Crippen LogP contribution in [0.5, 0.6) is 0 Å². The van der Waals surface area contributed by atoms with Crippen molar-refractivity contribution in [3.63, 3.8) is 0 Å². The summed E-state index contributed by atoms with van der Waals surface area (Å²) in [4.78, 5) is 42.9. The summed E-state index contributed by atoms with van der Waals surface area (Å²) in [5, 5.41) is 5.80. The molecule has 2 N–H and O–H groups in total. The second kappa shape index (κ2) is 8.76. The van der Waals surface area contributed by atoms with E-state index in [2.05, 4.69) is 31.5 Å². The Morgan fingerprint density at radius 3 is 2.67 bits per heavy atom. The lowest BCUT2D eigenvalue weighted by Gasteiger charge is -2.15. The van der Waals surface area contributed by atoms with Crippen LogP contribution in [-0.2, 0) is 17.8 Å². The number of hydrogen-bond acceptors (Lipinski definition) is 5. The molecular formula is C21H17BrN4O3S. The van der Waals surface area contributed by atoms with Gasteiger partial charge in [-0.05, 0) is 29.3 Å². The molecule has 1 aliphatic rings. The van der Waals surface area contributed by atoms with Crippen molar-refractivity contribution in [1.29, 1.82) is 0 Å². The van der Waals surface area contributed by atoms with Crippen molar-refractivity contribution in [2.45, 2.75) is 13.0 Å². The van der Waals surface area contributed by atoms with E-state index < -0.39 is 6.03 Å². The first-order valence-electron chi connectivity index (χ1n) is 9.16. The number of hydrogen-bond donors (Lipinski definition) is 2. The van der Waals surface area contributed by atoms with Crippen molar-refractivity contribution in [1.82, 2.24) is 15.2 Å². The lowest BCUT2D eigenvalue weighted by atomic mass is 10.1. The third-order valence-electron chi connectivity index (χ3n) is 4.59. The molecule has 0 unspecified atom stereocenters. The molecule has 1 aliphatic heterocycles. The molecule has 7 nitrogen and oxygen atoms in total. The van der Waals surface area contributed by atoms with Crippen LogP contribution in [0.2, 0.25) is 0 Å². The summed E-state index contributed by atoms with van der Waals surface area (Å²) in [7, 11) is 0. The maximum absolute atomic E-state index is 12.8. The Morgan fingerprint density at radius 1 is 1.17 bits per heavy atom. The molecule has 0 atom stereocenters. The molecule has 152 valence electrons. The number of rotatable bonds is 6. The monoisotopic (exact) mass is 484 g/mol. The fourth-order valence-corrected chi connectivity index (χ4v) is 4.19. The van der Waals surface area contributed by atoms with Gasteiger partial charge in [-0.15, -0.1) is 11.3 Å². The number of amides is 4. The molecule has 1 fully saturated rings. The molecule has 0 radical (unpaired) electrons. The van der Waals surface area contributed by atoms with Gasteiger partial charge in [0.1, 0.15) is 0 Å². The van der Waals surface area contributed by atoms with Gasteiger partial charge in [-0.3, -0.25) is 19.8 Å². The normalized spacial score (nSPS) is 13.4. The van der Waals surface area contributed by atoms with E-state index in [1.165, 1.54) is 11.3 Å². The van der Waals surface area contributed by atoms with Crippen molar-refractivity contribution < 1.29 is 14.4 Å². The Morgan fingerprint density at radius 2 is 1.93 bits per heavy atom. The number of benzene rings is 2. The van der Waals surface area contributed by atoms with Crippen LogP contribution < -0.4 is 10.6 Å². The molecule has 30 heavy (non-hydrogen) atoms. The summed E-state index contributed by atoms with van der Waals surface area (Å²) in [6, 6.07) is 14.5. The molecule has 1 aromatic heterocycles. The van der Waals surface area contributed by atoms with E-state index in [4.69, 9.17) is 0 Å². The number of nitrogens with one attached hydrogen (secondary N) is 2. The predicted molar refractivity (Wildman–Crippen MR) is 117 cm³/mol. The van der Waals surface area contributed by atoms with Gasteiger partial charge in [0.15, 0.2) is 5.13 Å². The van der Waals surface area contributed by atoms with Gasteiger partial charge in [-0.1, -0.05) is 46.3 Å². The van der Waals surface area contributed by atoms with Crippen LogP contribution in [0.1, 0.15) is 26.4 Å². The minimum absolute atomic E-state index is 0.0204. The second-order valence-electron chi connectivity index (χ2n) is 6.68. The number of anilines is 1. The molecule has 1 saturated heterocycles. The van der Waals surface area contributed by atoms with Crippen molar-refractivity contribution in [3.8, 4) is 0 Å². The Balaban J connectivity index is 1.46. The second-order valence-corrected chi connectivity index (χ2v) is 8.72. The lowest BCUT2D eigenvalue weighted by molar-refractivity contribution is -0.125. The third kappa shape index (κ3) is 4.58. The molecule has 9 heteroatoms. The summed E-state index contributed by atoms with van der Waals surface area (Å²) in [6.45, 7) is 0.0222. The molecule has 0 bridgehead atoms. The summed E-state index contributed by atoms with van der Waals surface area (Å²) in [5.74, 6) is -0.644. The number of thiazole rings is 1. The largest absolute Gasteiger partial charge is 0.329 e. The van der Waals surface area contributed by atoms with Crippen LogP contribution in [0, 0.1) is 0 Å². The fraction of sp³-hybridized carbons (Fsp3) is 0.143. The number of aromatic nitrogens is 1. The molecule has 0 saturated carbocycles. The molecule has 3 aromatic rings. The zero-order chi connectivity index (χ0) is 21.1. The predicted octanol–water partition coefficient (Wildman–Crippen LogP) is 3.80. The average molecular weight is 485 g/mol. The Hall–Kier alpha value is -3.04. The summed E-state index contributed by atoms with van der Waals surface area (Å²) in [6.07, 6.45) is 2.48. The highest BCUT2D eigenvalue weighted by atomic mass is 79.9. The highest BCUT2D eigenvalue weighted by Gasteiger charge is 2.29. The van der Waals surface area contributed by atoms with Crippen LogP contribution >= 0.6 is 27.3 Å². The van der Waals surface area contributed by atoms with Crippen LogP contribution in [0.3, 0.4) is 0 Å². The van der Waals surface area contributed by atoms with Gasteiger partial charge in [-0.2, -0.15) is 0 Å². The van der Waals surface area contributed by atoms with E-state index in [-0.39, 0.29) is 24.9 Å². The number of halogens is 1. The average Bonchev–Trinajstić information content (AvgIpc) is 3.31. The number of urea groups is 1. The SMILES string of the molecule is O=C(Nc1ncc(Cc2ccc(Br)cc2)s1)c1ccccc1CN1C(=O)CNC1=O. The Bertz CT molecular complexity index is 1100. The topological polar surface area (TPSA) is 91.4 Å². The first kappa shape index (κ1) is 20.2. The lowest BCUT2D eigenvalue weighted by Crippen LogP contribution is -2.31. The molecule has 4 rings (SSSR count). The van der Waals surface area contributed by atoms with Gasteiger partial charge >= 0.3 is 6.03 Å². The van der Waals surface area contributed by atoms with Crippen molar-refractivity contribution in [2.24, 2.45) is 0 Å². The fourth-order valence-electron chi connectivity index (χ4n) is 3.08. The van der Waals surface area contributed by atoms with Gasteiger partial charge in [0, 0.05) is 27.5 Å². The number of carbonyl (C=O) groups is 3. The van der Waals surface area contributed by atoms with Crippen LogP contribution in [0.4, 0.5) is 9.93 Å². The standard InChI is InChI=1S/C21H17BrN4O3S/c22-15-7-5-13(6-8-15)9-16-10-23-20(30-16)25-19(28)17-4-2-1-3-14(17)12-26-18(27)11-24-21(26)29/h1-8,10H,9,11-12H2,(H,24,29)(H,23,25,28). The van der Waals surface area contributed by atoms with Crippen molar-refractivity contribution in [2.75, 3.05) is 11.9 Å². The molecule has 4 amide bonds. The number of imide groups is 1. The zero-order valence-corrected chi connectivity index (χ0v) is 18.1. The van der Waals surface area contributed by atoms with Crippen molar-refractivity contribution in [3.05, 3.63) is 80.8 Å². The Kier molecular flexibility index (Phi) is 5.91. The van der Waals surface area contributed by atoms with Crippen LogP contribution in [0.15, 0.2) is 59.2 Å². The van der Waals surface area contributed by atoms with Crippen LogP contribution in [0.25, 0.3) is 0 Å². The van der Waals surface area contributed by atoms with Gasteiger partial charge in [0.25, 0.3) is 5.91 Å². The van der Waals surface area contributed by atoms with Crippen molar-refractivity contribution >= 4 is 50.2 Å². The maximum Gasteiger partial charge on any atom is 0.324 e. The first-order valence-corrected chi connectivity index (χ1v) is 10.8. The quantitative estimate of drug-likeness (QED) is 0.520. The summed E-state index contributed by atoms with van der Waals surface area (Å²) in [5.41, 5.74) is 2.14. The molecular weight excluding hydrogens is 468 g/mol. The summed E-state index contributed by atoms with van der Waals surface area (Å²) >= 11 is 4.83. The van der Waals surface area contributed by atoms with E-state index >= 15 is 0 Å². The highest BCUT2D eigenvalue weighted by Crippen LogP contribution is 2.23. The minimum atomic E-state index is -0.451. The van der Waals surface area contributed by atoms with Gasteiger partial charge in [-0.25, -0.2) is 9.78 Å². The highest BCUT2D eigenvalue weighted by molar-refractivity contribution is 9.10. The van der Waals surface area contributed by atoms with Crippen LogP contribution in [-0.4, -0.2) is 34.3 Å². The number of carbonyl (C=O) groups excluding carboxylic acids is 3. The minimum Gasteiger partial charge on any atom is -0.329 e. The van der Waals surface area contributed by atoms with E-state index in [0.29, 0.717) is 16.3 Å². The molecule has 2 aromatic carbocycles. The molecule has 0 aliphatic carbocycles. The zero-order valence-electron chi connectivity index (χ0n) is 15.7. The Labute approximate surface area is 185 Å². The third-order valence-corrected chi connectivity index (χ3v) is 6.03. The van der Waals surface area contributed by atoms with E-state index in [0.717, 1.165) is 26.2 Å². The first-order chi connectivity index (χ1) is 14.5. The van der Waals surface area contributed by atoms with Gasteiger partial charge in [0.2, 0.25) is 5.91 Å². The van der Waals surface area contributed by atoms with Gasteiger partial charge < -0.3 is 5.32 Å². The number of nitrogens with zero attached hydrogens (tertiary/aromatic N) is 2. The van der Waals surface area contributed by atoms with E-state index in [1.54, 1.807) is 30.5 Å².